The highest BCUT2D eigenvalue weighted by molar-refractivity contribution is 5.82. The van der Waals surface area contributed by atoms with E-state index in [9.17, 15) is 14.0 Å². The van der Waals surface area contributed by atoms with Gasteiger partial charge < -0.3 is 18.6 Å². The van der Waals surface area contributed by atoms with Gasteiger partial charge in [-0.05, 0) is 48.9 Å². The maximum atomic E-state index is 13.3. The van der Waals surface area contributed by atoms with Crippen molar-refractivity contribution in [2.75, 3.05) is 13.2 Å². The molecule has 3 heterocycles. The molecule has 0 atom stereocenters. The van der Waals surface area contributed by atoms with Crippen LogP contribution in [-0.4, -0.2) is 29.1 Å². The van der Waals surface area contributed by atoms with Gasteiger partial charge in [0.05, 0.1) is 12.2 Å². The van der Waals surface area contributed by atoms with Crippen molar-refractivity contribution in [1.82, 2.24) is 10.1 Å². The Balaban J connectivity index is 1.30. The molecule has 2 aromatic carbocycles. The molecule has 162 valence electrons. The fourth-order valence-corrected chi connectivity index (χ4v) is 3.88. The highest BCUT2D eigenvalue weighted by atomic mass is 19.1. The van der Waals surface area contributed by atoms with Gasteiger partial charge in [0, 0.05) is 41.6 Å². The summed E-state index contributed by atoms with van der Waals surface area (Å²) >= 11 is 0. The van der Waals surface area contributed by atoms with E-state index in [0.29, 0.717) is 42.2 Å². The summed E-state index contributed by atoms with van der Waals surface area (Å²) in [6.45, 7) is 2.50. The van der Waals surface area contributed by atoms with Crippen molar-refractivity contribution in [3.8, 4) is 17.1 Å². The largest absolute Gasteiger partial charge is 0.484 e. The fraction of sp³-hybridized carbons (Fsp3) is 0.208. The van der Waals surface area contributed by atoms with E-state index < -0.39 is 5.63 Å². The van der Waals surface area contributed by atoms with Gasteiger partial charge in [0.2, 0.25) is 0 Å². The molecule has 0 bridgehead atoms. The molecule has 0 unspecified atom stereocenters. The summed E-state index contributed by atoms with van der Waals surface area (Å²) in [6, 6.07) is 12.5. The summed E-state index contributed by atoms with van der Waals surface area (Å²) in [4.78, 5) is 26.1. The van der Waals surface area contributed by atoms with E-state index in [1.165, 1.54) is 18.2 Å². The quantitative estimate of drug-likeness (QED) is 0.454. The van der Waals surface area contributed by atoms with Crippen LogP contribution in [0, 0.1) is 12.7 Å². The lowest BCUT2D eigenvalue weighted by atomic mass is 10.0. The molecule has 32 heavy (non-hydrogen) atoms. The van der Waals surface area contributed by atoms with Crippen molar-refractivity contribution in [3.63, 3.8) is 0 Å². The van der Waals surface area contributed by atoms with Crippen LogP contribution in [0.25, 0.3) is 22.3 Å². The Kier molecular flexibility index (Phi) is 4.97. The minimum atomic E-state index is -0.432. The molecule has 8 heteroatoms. The topological polar surface area (TPSA) is 85.8 Å². The summed E-state index contributed by atoms with van der Waals surface area (Å²) in [5, 5.41) is 4.92. The lowest BCUT2D eigenvalue weighted by molar-refractivity contribution is -0.134. The third-order valence-corrected chi connectivity index (χ3v) is 5.58. The predicted octanol–water partition coefficient (Wildman–Crippen LogP) is 3.86. The Hall–Kier alpha value is -3.94. The Morgan fingerprint density at radius 3 is 2.81 bits per heavy atom. The van der Waals surface area contributed by atoms with E-state index in [1.54, 1.807) is 35.2 Å². The fourth-order valence-electron chi connectivity index (χ4n) is 3.88. The second-order valence-electron chi connectivity index (χ2n) is 7.70. The summed E-state index contributed by atoms with van der Waals surface area (Å²) in [5.74, 6) is 0.458. The number of benzene rings is 2. The molecular weight excluding hydrogens is 415 g/mol. The van der Waals surface area contributed by atoms with Crippen LogP contribution < -0.4 is 10.4 Å². The third kappa shape index (κ3) is 3.75. The zero-order chi connectivity index (χ0) is 22.2. The first-order chi connectivity index (χ1) is 15.5. The summed E-state index contributed by atoms with van der Waals surface area (Å²) in [6.07, 6.45) is 0.562. The molecule has 1 aliphatic heterocycles. The number of aromatic nitrogens is 1. The number of fused-ring (bicyclic) bond motifs is 2. The monoisotopic (exact) mass is 434 g/mol. The maximum absolute atomic E-state index is 13.3. The van der Waals surface area contributed by atoms with E-state index >= 15 is 0 Å². The smallest absolute Gasteiger partial charge is 0.336 e. The second kappa shape index (κ2) is 7.96. The normalized spacial score (nSPS) is 13.2. The molecule has 0 aliphatic carbocycles. The summed E-state index contributed by atoms with van der Waals surface area (Å²) < 4.78 is 29.6. The van der Waals surface area contributed by atoms with Crippen LogP contribution in [0.4, 0.5) is 4.39 Å². The van der Waals surface area contributed by atoms with Crippen molar-refractivity contribution in [1.29, 1.82) is 0 Å². The van der Waals surface area contributed by atoms with E-state index in [1.807, 2.05) is 6.92 Å². The molecule has 1 aliphatic rings. The van der Waals surface area contributed by atoms with Crippen LogP contribution in [0.5, 0.6) is 5.75 Å². The maximum Gasteiger partial charge on any atom is 0.336 e. The van der Waals surface area contributed by atoms with Crippen molar-refractivity contribution in [3.05, 3.63) is 81.6 Å². The van der Waals surface area contributed by atoms with Crippen LogP contribution in [0.1, 0.15) is 16.8 Å². The first-order valence-corrected chi connectivity index (χ1v) is 10.2. The minimum Gasteiger partial charge on any atom is -0.484 e. The Labute approximate surface area is 182 Å². The molecule has 0 radical (unpaired) electrons. The van der Waals surface area contributed by atoms with Gasteiger partial charge in [-0.15, -0.1) is 0 Å². The zero-order valence-corrected chi connectivity index (χ0v) is 17.3. The number of halogens is 1. The van der Waals surface area contributed by atoms with Crippen molar-refractivity contribution in [2.45, 2.75) is 19.9 Å². The highest BCUT2D eigenvalue weighted by Crippen LogP contribution is 2.31. The molecule has 0 saturated carbocycles. The Morgan fingerprint density at radius 1 is 1.19 bits per heavy atom. The number of hydrogen-bond donors (Lipinski definition) is 0. The van der Waals surface area contributed by atoms with Gasteiger partial charge in [-0.25, -0.2) is 9.18 Å². The predicted molar refractivity (Wildman–Crippen MR) is 114 cm³/mol. The number of carbonyl (C=O) groups is 1. The number of nitrogens with zero attached hydrogens (tertiary/aromatic N) is 2. The molecular formula is C24H19FN2O5. The van der Waals surface area contributed by atoms with Crippen molar-refractivity contribution >= 4 is 16.9 Å². The van der Waals surface area contributed by atoms with E-state index in [4.69, 9.17) is 13.7 Å². The molecule has 2 aromatic heterocycles. The van der Waals surface area contributed by atoms with Gasteiger partial charge in [0.15, 0.2) is 12.4 Å². The van der Waals surface area contributed by atoms with Gasteiger partial charge in [0.25, 0.3) is 5.91 Å². The number of rotatable bonds is 4. The van der Waals surface area contributed by atoms with Crippen LogP contribution in [0.2, 0.25) is 0 Å². The first-order valence-electron chi connectivity index (χ1n) is 10.2. The van der Waals surface area contributed by atoms with Crippen LogP contribution in [0.15, 0.2) is 62.3 Å². The Morgan fingerprint density at radius 2 is 2.00 bits per heavy atom. The number of carbonyl (C=O) groups excluding carboxylic acids is 1. The SMILES string of the molecule is Cc1cc(=O)oc2cc(OCC(=O)N3CCc4noc(-c5ccc(F)cc5)c4C3)ccc12. The summed E-state index contributed by atoms with van der Waals surface area (Å²) in [5.41, 5.74) is 3.12. The van der Waals surface area contributed by atoms with Crippen molar-refractivity contribution < 1.29 is 22.9 Å². The molecule has 7 nitrogen and oxygen atoms in total. The molecule has 0 N–H and O–H groups in total. The van der Waals surface area contributed by atoms with Gasteiger partial charge in [-0.2, -0.15) is 0 Å². The molecule has 4 aromatic rings. The number of aryl methyl sites for hydroxylation is 1. The number of hydrogen-bond acceptors (Lipinski definition) is 6. The van der Waals surface area contributed by atoms with E-state index in [-0.39, 0.29) is 18.3 Å². The second-order valence-corrected chi connectivity index (χ2v) is 7.70. The third-order valence-electron chi connectivity index (χ3n) is 5.58. The van der Waals surface area contributed by atoms with Gasteiger partial charge in [-0.3, -0.25) is 4.79 Å². The average molecular weight is 434 g/mol. The molecule has 0 saturated heterocycles. The van der Waals surface area contributed by atoms with E-state index in [2.05, 4.69) is 5.16 Å². The van der Waals surface area contributed by atoms with Crippen LogP contribution in [0.3, 0.4) is 0 Å². The summed E-state index contributed by atoms with van der Waals surface area (Å²) in [7, 11) is 0. The minimum absolute atomic E-state index is 0.159. The van der Waals surface area contributed by atoms with Crippen molar-refractivity contribution in [2.24, 2.45) is 0 Å². The van der Waals surface area contributed by atoms with Gasteiger partial charge in [0.1, 0.15) is 17.1 Å². The first kappa shape index (κ1) is 20.0. The van der Waals surface area contributed by atoms with Gasteiger partial charge >= 0.3 is 5.63 Å². The molecule has 5 rings (SSSR count). The molecule has 1 amide bonds. The molecule has 0 fully saturated rings. The van der Waals surface area contributed by atoms with Crippen LogP contribution in [-0.2, 0) is 17.8 Å². The number of ether oxygens (including phenoxy) is 1. The van der Waals surface area contributed by atoms with E-state index in [0.717, 1.165) is 22.2 Å². The highest BCUT2D eigenvalue weighted by Gasteiger charge is 2.27. The lowest BCUT2D eigenvalue weighted by Crippen LogP contribution is -2.38. The van der Waals surface area contributed by atoms with Gasteiger partial charge in [-0.1, -0.05) is 5.16 Å². The average Bonchev–Trinajstić information content (AvgIpc) is 3.21. The standard InChI is InChI=1S/C24H19FN2O5/c1-14-10-23(29)31-21-11-17(6-7-18(14)21)30-13-22(28)27-9-8-20-19(12-27)24(32-26-20)15-2-4-16(25)5-3-15/h2-7,10-11H,8-9,12-13H2,1H3. The molecule has 0 spiro atoms. The number of amides is 1. The zero-order valence-electron chi connectivity index (χ0n) is 17.3. The Bertz CT molecular complexity index is 1370. The van der Waals surface area contributed by atoms with Crippen LogP contribution >= 0.6 is 0 Å². The lowest BCUT2D eigenvalue weighted by Gasteiger charge is -2.26.